The van der Waals surface area contributed by atoms with Crippen molar-refractivity contribution >= 4 is 40.1 Å². The van der Waals surface area contributed by atoms with Gasteiger partial charge in [0.05, 0.1) is 6.61 Å². The van der Waals surface area contributed by atoms with Crippen molar-refractivity contribution in [3.8, 4) is 0 Å². The number of anilines is 1. The van der Waals surface area contributed by atoms with E-state index >= 15 is 0 Å². The summed E-state index contributed by atoms with van der Waals surface area (Å²) in [5.74, 6) is -3.11. The van der Waals surface area contributed by atoms with E-state index in [9.17, 15) is 27.2 Å². The molecule has 7 nitrogen and oxygen atoms in total. The second-order valence-electron chi connectivity index (χ2n) is 5.36. The summed E-state index contributed by atoms with van der Waals surface area (Å²) < 4.78 is 60.1. The van der Waals surface area contributed by atoms with Gasteiger partial charge in [0.15, 0.2) is 4.34 Å². The highest BCUT2D eigenvalue weighted by Gasteiger charge is 2.64. The van der Waals surface area contributed by atoms with Crippen LogP contribution in [0, 0.1) is 5.82 Å². The predicted molar refractivity (Wildman–Crippen MR) is 99.2 cm³/mol. The van der Waals surface area contributed by atoms with Crippen molar-refractivity contribution in [2.24, 2.45) is 0 Å². The van der Waals surface area contributed by atoms with Crippen molar-refractivity contribution in [2.45, 2.75) is 30.0 Å². The fraction of sp³-hybridized carbons (Fsp3) is 0.375. The van der Waals surface area contributed by atoms with Crippen LogP contribution in [0.4, 0.5) is 22.7 Å². The SMILES string of the molecule is CCOC(=O)[C@@](NC(=O)c1ccc(F)cc1)(Nc1nnc(SCC)s1)C(F)(F)F. The van der Waals surface area contributed by atoms with Crippen LogP contribution in [0.2, 0.25) is 0 Å². The van der Waals surface area contributed by atoms with Gasteiger partial charge in [0.1, 0.15) is 5.82 Å². The largest absolute Gasteiger partial charge is 0.463 e. The Morgan fingerprint density at radius 2 is 1.83 bits per heavy atom. The van der Waals surface area contributed by atoms with E-state index in [1.54, 1.807) is 5.32 Å². The number of alkyl halides is 3. The molecule has 29 heavy (non-hydrogen) atoms. The molecular formula is C16H16F4N4O3S2. The topological polar surface area (TPSA) is 93.2 Å². The van der Waals surface area contributed by atoms with E-state index in [-0.39, 0.29) is 17.3 Å². The number of carbonyl (C=O) groups is 2. The number of thioether (sulfide) groups is 1. The average Bonchev–Trinajstić information content (AvgIpc) is 3.08. The van der Waals surface area contributed by atoms with E-state index in [1.165, 1.54) is 18.7 Å². The minimum atomic E-state index is -5.31. The van der Waals surface area contributed by atoms with Gasteiger partial charge >= 0.3 is 17.8 Å². The lowest BCUT2D eigenvalue weighted by Crippen LogP contribution is -2.69. The average molecular weight is 452 g/mol. The Hall–Kier alpha value is -2.41. The molecule has 0 saturated carbocycles. The molecule has 158 valence electrons. The first-order valence-corrected chi connectivity index (χ1v) is 9.99. The molecule has 0 fully saturated rings. The number of esters is 1. The number of halogens is 4. The number of rotatable bonds is 8. The Labute approximate surface area is 171 Å². The van der Waals surface area contributed by atoms with Crippen LogP contribution < -0.4 is 10.6 Å². The fourth-order valence-electron chi connectivity index (χ4n) is 2.08. The molecule has 0 bridgehead atoms. The second-order valence-corrected chi connectivity index (χ2v) is 7.85. The highest BCUT2D eigenvalue weighted by molar-refractivity contribution is 8.01. The molecule has 2 N–H and O–H groups in total. The predicted octanol–water partition coefficient (Wildman–Crippen LogP) is 3.45. The first-order valence-electron chi connectivity index (χ1n) is 8.19. The zero-order chi connectivity index (χ0) is 21.7. The van der Waals surface area contributed by atoms with Crippen molar-refractivity contribution in [1.82, 2.24) is 15.5 Å². The standard InChI is InChI=1S/C16H16F4N4O3S2/c1-3-27-12(26)15(16(18,19)20,22-13-23-24-14(29-13)28-4-2)21-11(25)9-5-7-10(17)8-6-9/h5-8H,3-4H2,1-2H3,(H,21,25)(H,22,23)/t15-/m1/s1. The molecule has 1 atom stereocenters. The number of ether oxygens (including phenoxy) is 1. The van der Waals surface area contributed by atoms with Crippen molar-refractivity contribution < 1.29 is 31.9 Å². The maximum absolute atomic E-state index is 14.0. The maximum Gasteiger partial charge on any atom is 0.442 e. The van der Waals surface area contributed by atoms with Gasteiger partial charge in [-0.25, -0.2) is 9.18 Å². The minimum Gasteiger partial charge on any atom is -0.463 e. The first kappa shape index (κ1) is 22.9. The molecular weight excluding hydrogens is 436 g/mol. The number of amides is 1. The number of carbonyl (C=O) groups excluding carboxylic acids is 2. The van der Waals surface area contributed by atoms with Crippen molar-refractivity contribution in [3.05, 3.63) is 35.6 Å². The number of benzene rings is 1. The van der Waals surface area contributed by atoms with Crippen LogP contribution in [0.3, 0.4) is 0 Å². The molecule has 1 amide bonds. The van der Waals surface area contributed by atoms with E-state index in [0.29, 0.717) is 10.1 Å². The fourth-order valence-corrected chi connectivity index (χ4v) is 3.78. The highest BCUT2D eigenvalue weighted by Crippen LogP contribution is 2.35. The van der Waals surface area contributed by atoms with Crippen LogP contribution in [0.1, 0.15) is 24.2 Å². The van der Waals surface area contributed by atoms with E-state index in [0.717, 1.165) is 35.6 Å². The van der Waals surface area contributed by atoms with Gasteiger partial charge in [0.25, 0.3) is 5.91 Å². The van der Waals surface area contributed by atoms with Crippen LogP contribution in [0.25, 0.3) is 0 Å². The Morgan fingerprint density at radius 1 is 1.17 bits per heavy atom. The smallest absolute Gasteiger partial charge is 0.442 e. The Kier molecular flexibility index (Phi) is 7.41. The van der Waals surface area contributed by atoms with Crippen molar-refractivity contribution in [1.29, 1.82) is 0 Å². The number of aromatic nitrogens is 2. The molecule has 0 aliphatic heterocycles. The van der Waals surface area contributed by atoms with Gasteiger partial charge in [0, 0.05) is 5.56 Å². The van der Waals surface area contributed by atoms with Gasteiger partial charge in [0.2, 0.25) is 5.13 Å². The third-order valence-corrected chi connectivity index (χ3v) is 5.24. The lowest BCUT2D eigenvalue weighted by Gasteiger charge is -2.34. The molecule has 1 aromatic carbocycles. The van der Waals surface area contributed by atoms with Crippen LogP contribution in [-0.4, -0.2) is 46.3 Å². The molecule has 0 aliphatic rings. The quantitative estimate of drug-likeness (QED) is 0.274. The zero-order valence-corrected chi connectivity index (χ0v) is 16.8. The lowest BCUT2D eigenvalue weighted by atomic mass is 10.1. The molecule has 0 unspecified atom stereocenters. The summed E-state index contributed by atoms with van der Waals surface area (Å²) in [6.07, 6.45) is -5.31. The summed E-state index contributed by atoms with van der Waals surface area (Å²) in [5, 5.41) is 10.5. The third kappa shape index (κ3) is 5.35. The second kappa shape index (κ2) is 9.39. The van der Waals surface area contributed by atoms with Gasteiger partial charge in [-0.15, -0.1) is 10.2 Å². The molecule has 13 heteroatoms. The number of nitrogens with zero attached hydrogens (tertiary/aromatic N) is 2. The summed E-state index contributed by atoms with van der Waals surface area (Å²) in [7, 11) is 0. The lowest BCUT2D eigenvalue weighted by molar-refractivity contribution is -0.204. The molecule has 1 aromatic heterocycles. The van der Waals surface area contributed by atoms with Crippen LogP contribution in [0.15, 0.2) is 28.6 Å². The van der Waals surface area contributed by atoms with Crippen LogP contribution >= 0.6 is 23.1 Å². The number of hydrogen-bond acceptors (Lipinski definition) is 8. The highest BCUT2D eigenvalue weighted by atomic mass is 32.2. The Balaban J connectivity index is 2.45. The molecule has 2 aromatic rings. The van der Waals surface area contributed by atoms with Gasteiger partial charge in [-0.2, -0.15) is 13.2 Å². The van der Waals surface area contributed by atoms with E-state index in [1.807, 2.05) is 12.2 Å². The Bertz CT molecular complexity index is 861. The normalized spacial score (nSPS) is 13.4. The first-order chi connectivity index (χ1) is 13.6. The van der Waals surface area contributed by atoms with E-state index in [2.05, 4.69) is 14.9 Å². The molecule has 0 spiro atoms. The summed E-state index contributed by atoms with van der Waals surface area (Å²) in [4.78, 5) is 24.7. The van der Waals surface area contributed by atoms with Crippen molar-refractivity contribution in [3.63, 3.8) is 0 Å². The summed E-state index contributed by atoms with van der Waals surface area (Å²) in [6, 6.07) is 3.78. The van der Waals surface area contributed by atoms with Gasteiger partial charge < -0.3 is 15.4 Å². The maximum atomic E-state index is 14.0. The van der Waals surface area contributed by atoms with Crippen LogP contribution in [0.5, 0.6) is 0 Å². The zero-order valence-electron chi connectivity index (χ0n) is 15.2. The molecule has 0 saturated heterocycles. The van der Waals surface area contributed by atoms with E-state index in [4.69, 9.17) is 0 Å². The number of hydrogen-bond donors (Lipinski definition) is 2. The summed E-state index contributed by atoms with van der Waals surface area (Å²) >= 11 is 2.03. The van der Waals surface area contributed by atoms with Gasteiger partial charge in [-0.05, 0) is 36.9 Å². The monoisotopic (exact) mass is 452 g/mol. The van der Waals surface area contributed by atoms with Crippen molar-refractivity contribution in [2.75, 3.05) is 17.7 Å². The molecule has 0 radical (unpaired) electrons. The third-order valence-electron chi connectivity index (χ3n) is 3.38. The number of nitrogens with one attached hydrogen (secondary N) is 2. The Morgan fingerprint density at radius 3 is 2.38 bits per heavy atom. The molecule has 0 aliphatic carbocycles. The molecule has 1 heterocycles. The van der Waals surface area contributed by atoms with E-state index < -0.39 is 29.5 Å². The van der Waals surface area contributed by atoms with Crippen LogP contribution in [-0.2, 0) is 9.53 Å². The minimum absolute atomic E-state index is 0.286. The van der Waals surface area contributed by atoms with Gasteiger partial charge in [-0.3, -0.25) is 4.79 Å². The summed E-state index contributed by atoms with van der Waals surface area (Å²) in [6.45, 7) is 2.78. The van der Waals surface area contributed by atoms with Gasteiger partial charge in [-0.1, -0.05) is 30.0 Å². The summed E-state index contributed by atoms with van der Waals surface area (Å²) in [5.41, 5.74) is -3.91. The molecule has 2 rings (SSSR count).